The lowest BCUT2D eigenvalue weighted by Crippen LogP contribution is -2.14. The van der Waals surface area contributed by atoms with Crippen LogP contribution in [0, 0.1) is 6.92 Å². The van der Waals surface area contributed by atoms with E-state index in [0.29, 0.717) is 5.02 Å². The van der Waals surface area contributed by atoms with Crippen molar-refractivity contribution in [3.05, 3.63) is 65.2 Å². The van der Waals surface area contributed by atoms with Crippen LogP contribution in [0.4, 0.5) is 5.69 Å². The molecule has 0 radical (unpaired) electrons. The summed E-state index contributed by atoms with van der Waals surface area (Å²) >= 11 is 7.37. The highest BCUT2D eigenvalue weighted by atomic mass is 35.5. The van der Waals surface area contributed by atoms with Crippen LogP contribution in [0.1, 0.15) is 5.56 Å². The number of thioether (sulfide) groups is 1. The van der Waals surface area contributed by atoms with Gasteiger partial charge in [-0.3, -0.25) is 4.79 Å². The molecule has 1 amide bonds. The number of amides is 1. The summed E-state index contributed by atoms with van der Waals surface area (Å²) in [7, 11) is 0. The molecule has 6 heteroatoms. The van der Waals surface area contributed by atoms with Crippen molar-refractivity contribution < 1.29 is 4.79 Å². The van der Waals surface area contributed by atoms with E-state index in [-0.39, 0.29) is 11.7 Å². The molecule has 2 N–H and O–H groups in total. The van der Waals surface area contributed by atoms with Crippen LogP contribution in [-0.4, -0.2) is 21.6 Å². The fraction of sp³-hybridized carbons (Fsp3) is 0.100. The number of imidazole rings is 1. The van der Waals surface area contributed by atoms with Crippen LogP contribution in [0.15, 0.2) is 59.8 Å². The highest BCUT2D eigenvalue weighted by molar-refractivity contribution is 7.99. The van der Waals surface area contributed by atoms with Crippen molar-refractivity contribution in [2.24, 2.45) is 0 Å². The van der Waals surface area contributed by atoms with Gasteiger partial charge in [-0.25, -0.2) is 4.98 Å². The summed E-state index contributed by atoms with van der Waals surface area (Å²) in [4.78, 5) is 20.1. The Kier molecular flexibility index (Phi) is 4.57. The zero-order valence-corrected chi connectivity index (χ0v) is 15.6. The monoisotopic (exact) mass is 381 g/mol. The molecular weight excluding hydrogens is 366 g/mol. The van der Waals surface area contributed by atoms with E-state index in [2.05, 4.69) is 39.6 Å². The van der Waals surface area contributed by atoms with Gasteiger partial charge >= 0.3 is 0 Å². The molecule has 0 saturated carbocycles. The number of H-pyrrole nitrogens is 1. The average Bonchev–Trinajstić information content (AvgIpc) is 3.02. The van der Waals surface area contributed by atoms with Gasteiger partial charge in [-0.2, -0.15) is 0 Å². The third kappa shape index (κ3) is 3.54. The lowest BCUT2D eigenvalue weighted by atomic mass is 10.1. The Bertz CT molecular complexity index is 1070. The van der Waals surface area contributed by atoms with Crippen molar-refractivity contribution in [3.8, 4) is 0 Å². The molecule has 0 aliphatic carbocycles. The van der Waals surface area contributed by atoms with E-state index in [1.807, 2.05) is 25.1 Å². The SMILES string of the molecule is Cc1ccc(Cl)cc1NC(=O)CSc1nc2cc3ccccc3cc2[nH]1. The molecule has 0 atom stereocenters. The number of fused-ring (bicyclic) bond motifs is 2. The fourth-order valence-electron chi connectivity index (χ4n) is 2.79. The van der Waals surface area contributed by atoms with Gasteiger partial charge in [0.25, 0.3) is 0 Å². The zero-order valence-electron chi connectivity index (χ0n) is 14.0. The van der Waals surface area contributed by atoms with E-state index >= 15 is 0 Å². The third-order valence-electron chi connectivity index (χ3n) is 4.14. The number of carbonyl (C=O) groups excluding carboxylic acids is 1. The van der Waals surface area contributed by atoms with Crippen molar-refractivity contribution >= 4 is 56.8 Å². The molecule has 1 aromatic heterocycles. The minimum Gasteiger partial charge on any atom is -0.333 e. The van der Waals surface area contributed by atoms with E-state index in [0.717, 1.165) is 38.2 Å². The van der Waals surface area contributed by atoms with Crippen LogP contribution in [-0.2, 0) is 4.79 Å². The minimum atomic E-state index is -0.0917. The Morgan fingerprint density at radius 2 is 1.92 bits per heavy atom. The van der Waals surface area contributed by atoms with Crippen LogP contribution >= 0.6 is 23.4 Å². The number of hydrogen-bond donors (Lipinski definition) is 2. The van der Waals surface area contributed by atoms with E-state index in [1.54, 1.807) is 12.1 Å². The molecule has 130 valence electrons. The van der Waals surface area contributed by atoms with Crippen LogP contribution in [0.3, 0.4) is 0 Å². The lowest BCUT2D eigenvalue weighted by Gasteiger charge is -2.08. The van der Waals surface area contributed by atoms with Gasteiger partial charge in [0.2, 0.25) is 5.91 Å². The summed E-state index contributed by atoms with van der Waals surface area (Å²) in [6.07, 6.45) is 0. The molecule has 0 aliphatic rings. The first kappa shape index (κ1) is 16.9. The Hall–Kier alpha value is -2.50. The highest BCUT2D eigenvalue weighted by Crippen LogP contribution is 2.25. The molecule has 26 heavy (non-hydrogen) atoms. The molecule has 3 aromatic carbocycles. The van der Waals surface area contributed by atoms with Crippen molar-refractivity contribution in [3.63, 3.8) is 0 Å². The molecule has 0 saturated heterocycles. The number of nitrogens with zero attached hydrogens (tertiary/aromatic N) is 1. The van der Waals surface area contributed by atoms with E-state index in [4.69, 9.17) is 11.6 Å². The van der Waals surface area contributed by atoms with Gasteiger partial charge in [-0.1, -0.05) is 53.7 Å². The molecular formula is C20H16ClN3OS. The van der Waals surface area contributed by atoms with Crippen molar-refractivity contribution in [1.82, 2.24) is 9.97 Å². The summed E-state index contributed by atoms with van der Waals surface area (Å²) in [6.45, 7) is 1.93. The zero-order chi connectivity index (χ0) is 18.1. The average molecular weight is 382 g/mol. The molecule has 0 spiro atoms. The first-order chi connectivity index (χ1) is 12.6. The van der Waals surface area contributed by atoms with E-state index < -0.39 is 0 Å². The van der Waals surface area contributed by atoms with Crippen molar-refractivity contribution in [2.45, 2.75) is 12.1 Å². The maximum Gasteiger partial charge on any atom is 0.234 e. The number of halogens is 1. The number of anilines is 1. The molecule has 4 aromatic rings. The second-order valence-corrected chi connectivity index (χ2v) is 7.46. The van der Waals surface area contributed by atoms with Gasteiger partial charge in [0.1, 0.15) is 0 Å². The molecule has 0 bridgehead atoms. The first-order valence-corrected chi connectivity index (χ1v) is 9.52. The van der Waals surface area contributed by atoms with Gasteiger partial charge in [-0.15, -0.1) is 0 Å². The van der Waals surface area contributed by atoms with Crippen LogP contribution in [0.2, 0.25) is 5.02 Å². The standard InChI is InChI=1S/C20H16ClN3OS/c1-12-6-7-15(21)10-16(12)22-19(25)11-26-20-23-17-8-13-4-2-3-5-14(13)9-18(17)24-20/h2-10H,11H2,1H3,(H,22,25)(H,23,24). The Morgan fingerprint density at radius 3 is 2.73 bits per heavy atom. The summed E-state index contributed by atoms with van der Waals surface area (Å²) in [6, 6.07) is 17.7. The number of carbonyl (C=O) groups is 1. The minimum absolute atomic E-state index is 0.0917. The quantitative estimate of drug-likeness (QED) is 0.465. The third-order valence-corrected chi connectivity index (χ3v) is 5.25. The van der Waals surface area contributed by atoms with Crippen LogP contribution in [0.5, 0.6) is 0 Å². The number of aryl methyl sites for hydroxylation is 1. The number of benzene rings is 3. The Morgan fingerprint density at radius 1 is 1.15 bits per heavy atom. The molecule has 0 unspecified atom stereocenters. The topological polar surface area (TPSA) is 57.8 Å². The van der Waals surface area contributed by atoms with Crippen molar-refractivity contribution in [1.29, 1.82) is 0 Å². The summed E-state index contributed by atoms with van der Waals surface area (Å²) < 4.78 is 0. The molecule has 4 rings (SSSR count). The number of aromatic nitrogens is 2. The lowest BCUT2D eigenvalue weighted by molar-refractivity contribution is -0.113. The molecule has 1 heterocycles. The summed E-state index contributed by atoms with van der Waals surface area (Å²) in [5.41, 5.74) is 3.58. The normalized spacial score (nSPS) is 11.2. The van der Waals surface area contributed by atoms with Gasteiger partial charge in [-0.05, 0) is 47.5 Å². The molecule has 0 fully saturated rings. The van der Waals surface area contributed by atoms with E-state index in [1.165, 1.54) is 11.8 Å². The second kappa shape index (κ2) is 7.02. The van der Waals surface area contributed by atoms with Crippen LogP contribution < -0.4 is 5.32 Å². The van der Waals surface area contributed by atoms with Gasteiger partial charge < -0.3 is 10.3 Å². The summed E-state index contributed by atoms with van der Waals surface area (Å²) in [5.74, 6) is 0.177. The van der Waals surface area contributed by atoms with Gasteiger partial charge in [0.15, 0.2) is 5.16 Å². The summed E-state index contributed by atoms with van der Waals surface area (Å²) in [5, 5.41) is 6.54. The van der Waals surface area contributed by atoms with E-state index in [9.17, 15) is 4.79 Å². The Balaban J connectivity index is 1.48. The largest absolute Gasteiger partial charge is 0.333 e. The first-order valence-electron chi connectivity index (χ1n) is 8.16. The van der Waals surface area contributed by atoms with Crippen molar-refractivity contribution in [2.75, 3.05) is 11.1 Å². The predicted molar refractivity (Wildman–Crippen MR) is 109 cm³/mol. The molecule has 0 aliphatic heterocycles. The number of rotatable bonds is 4. The maximum absolute atomic E-state index is 12.2. The maximum atomic E-state index is 12.2. The second-order valence-electron chi connectivity index (χ2n) is 6.05. The smallest absolute Gasteiger partial charge is 0.234 e. The number of hydrogen-bond acceptors (Lipinski definition) is 3. The van der Waals surface area contributed by atoms with Crippen LogP contribution in [0.25, 0.3) is 21.8 Å². The Labute approximate surface area is 160 Å². The number of aromatic amines is 1. The predicted octanol–water partition coefficient (Wildman–Crippen LogP) is 5.41. The highest BCUT2D eigenvalue weighted by Gasteiger charge is 2.10. The number of nitrogens with one attached hydrogen (secondary N) is 2. The molecule has 4 nitrogen and oxygen atoms in total. The van der Waals surface area contributed by atoms with Gasteiger partial charge in [0.05, 0.1) is 16.8 Å². The fourth-order valence-corrected chi connectivity index (χ4v) is 3.65. The van der Waals surface area contributed by atoms with Gasteiger partial charge in [0, 0.05) is 10.7 Å².